The molecule has 0 fully saturated rings. The minimum atomic E-state index is -1.22. The third-order valence-electron chi connectivity index (χ3n) is 6.32. The van der Waals surface area contributed by atoms with E-state index in [-0.39, 0.29) is 6.54 Å². The zero-order valence-electron chi connectivity index (χ0n) is 21.9. The van der Waals surface area contributed by atoms with Crippen LogP contribution in [0.1, 0.15) is 136 Å². The summed E-state index contributed by atoms with van der Waals surface area (Å²) in [6.45, 7) is 10.8. The lowest BCUT2D eigenvalue weighted by Crippen LogP contribution is -2.46. The lowest BCUT2D eigenvalue weighted by molar-refractivity contribution is -0.910. The molecule has 2 N–H and O–H groups in total. The van der Waals surface area contributed by atoms with Crippen LogP contribution >= 0.6 is 0 Å². The van der Waals surface area contributed by atoms with Gasteiger partial charge in [-0.15, -0.1) is 0 Å². The number of rotatable bonds is 22. The first kappa shape index (κ1) is 32.6. The molecule has 188 valence electrons. The van der Waals surface area contributed by atoms with Crippen molar-refractivity contribution in [2.75, 3.05) is 33.2 Å². The number of carbonyl (C=O) groups excluding carboxylic acids is 1. The fourth-order valence-electron chi connectivity index (χ4n) is 4.16. The number of nitrogens with two attached hydrogens (primary N) is 1. The van der Waals surface area contributed by atoms with E-state index in [2.05, 4.69) is 33.6 Å². The van der Waals surface area contributed by atoms with Crippen molar-refractivity contribution in [1.82, 2.24) is 0 Å². The number of quaternary nitrogens is 1. The summed E-state index contributed by atoms with van der Waals surface area (Å²) in [6, 6.07) is 0. The summed E-state index contributed by atoms with van der Waals surface area (Å²) in [7, 11) is 2.56. The third-order valence-corrected chi connectivity index (χ3v) is 6.32. The van der Waals surface area contributed by atoms with Gasteiger partial charge in [0.25, 0.3) is 0 Å². The van der Waals surface area contributed by atoms with Crippen molar-refractivity contribution in [1.29, 1.82) is 0 Å². The summed E-state index contributed by atoms with van der Waals surface area (Å²) in [5.41, 5.74) is 4.51. The number of unbranched alkanes of at least 4 members (excludes halogenated alkanes) is 15. The van der Waals surface area contributed by atoms with Crippen LogP contribution in [-0.4, -0.2) is 43.7 Å². The van der Waals surface area contributed by atoms with Gasteiger partial charge in [-0.1, -0.05) is 97.8 Å². The molecule has 0 radical (unpaired) electrons. The van der Waals surface area contributed by atoms with Crippen molar-refractivity contribution < 1.29 is 14.4 Å². The average molecular weight is 443 g/mol. The molecule has 0 aromatic carbocycles. The summed E-state index contributed by atoms with van der Waals surface area (Å²) in [5, 5.41) is 9.13. The van der Waals surface area contributed by atoms with Crippen LogP contribution in [0.2, 0.25) is 0 Å². The molecular formula is C27H58N2O2. The second-order valence-corrected chi connectivity index (χ2v) is 9.67. The zero-order valence-corrected chi connectivity index (χ0v) is 21.9. The highest BCUT2D eigenvalue weighted by Crippen LogP contribution is 2.16. The normalized spacial score (nSPS) is 11.3. The molecule has 31 heavy (non-hydrogen) atoms. The monoisotopic (exact) mass is 442 g/mol. The van der Waals surface area contributed by atoms with Crippen molar-refractivity contribution in [2.24, 2.45) is 5.73 Å². The van der Waals surface area contributed by atoms with E-state index >= 15 is 0 Å². The Bertz CT molecular complexity index is 320. The van der Waals surface area contributed by atoms with Gasteiger partial charge >= 0.3 is 0 Å². The van der Waals surface area contributed by atoms with Crippen molar-refractivity contribution >= 4 is 5.97 Å². The van der Waals surface area contributed by atoms with E-state index in [1.54, 1.807) is 0 Å². The highest BCUT2D eigenvalue weighted by molar-refractivity contribution is 5.66. The minimum Gasteiger partial charge on any atom is -0.549 e. The van der Waals surface area contributed by atoms with Crippen LogP contribution < -0.4 is 10.8 Å². The maximum atomic E-state index is 9.13. The fourth-order valence-corrected chi connectivity index (χ4v) is 4.16. The number of carboxylic acid groups (broad SMARTS) is 1. The molecule has 0 aliphatic heterocycles. The predicted molar refractivity (Wildman–Crippen MR) is 135 cm³/mol. The van der Waals surface area contributed by atoms with Crippen LogP contribution in [0.15, 0.2) is 0 Å². The van der Waals surface area contributed by atoms with E-state index in [9.17, 15) is 0 Å². The maximum absolute atomic E-state index is 9.13. The minimum absolute atomic E-state index is 0.389. The van der Waals surface area contributed by atoms with Gasteiger partial charge in [0.15, 0.2) is 0 Å². The van der Waals surface area contributed by atoms with Gasteiger partial charge in [-0.05, 0) is 38.5 Å². The lowest BCUT2D eigenvalue weighted by Gasteiger charge is -2.35. The molecule has 0 unspecified atom stereocenters. The first-order valence-corrected chi connectivity index (χ1v) is 13.7. The molecule has 0 aromatic rings. The molecule has 0 aliphatic rings. The largest absolute Gasteiger partial charge is 0.549 e. The van der Waals surface area contributed by atoms with E-state index < -0.39 is 5.97 Å². The number of carboxylic acids is 1. The summed E-state index contributed by atoms with van der Waals surface area (Å²) in [6.07, 6.45) is 25.9. The van der Waals surface area contributed by atoms with Gasteiger partial charge in [-0.25, -0.2) is 0 Å². The molecule has 0 atom stereocenters. The number of hydrogen-bond acceptors (Lipinski definition) is 3. The molecule has 0 amide bonds. The number of carbonyl (C=O) groups is 1. The SMILES string of the molecule is CCCCCCCC[N+](C)(CCCCCCCC)CCCCCCCC.NCC(=O)[O-]. The van der Waals surface area contributed by atoms with E-state index in [1.165, 1.54) is 140 Å². The van der Waals surface area contributed by atoms with Gasteiger partial charge < -0.3 is 20.1 Å². The quantitative estimate of drug-likeness (QED) is 0.160. The standard InChI is InChI=1S/C25H54N.C2H5NO2/c1-5-8-11-14-17-20-23-26(4,24-21-18-15-12-9-6-2)25-22-19-16-13-10-7-3;3-1-2(4)5/h5-25H2,1-4H3;1,3H2,(H,4,5)/q+1;/p-1. The van der Waals surface area contributed by atoms with Gasteiger partial charge in [-0.3, -0.25) is 0 Å². The van der Waals surface area contributed by atoms with Gasteiger partial charge in [0, 0.05) is 6.54 Å². The highest BCUT2D eigenvalue weighted by atomic mass is 16.4. The lowest BCUT2D eigenvalue weighted by atomic mass is 10.1. The maximum Gasteiger partial charge on any atom is 0.0784 e. The highest BCUT2D eigenvalue weighted by Gasteiger charge is 2.20. The summed E-state index contributed by atoms with van der Waals surface area (Å²) in [4.78, 5) is 9.13. The Morgan fingerprint density at radius 2 is 0.806 bits per heavy atom. The van der Waals surface area contributed by atoms with Crippen LogP contribution in [-0.2, 0) is 4.79 Å². The first-order valence-electron chi connectivity index (χ1n) is 13.7. The Morgan fingerprint density at radius 1 is 0.581 bits per heavy atom. The summed E-state index contributed by atoms with van der Waals surface area (Å²) in [5.74, 6) is -1.22. The summed E-state index contributed by atoms with van der Waals surface area (Å²) < 4.78 is 1.36. The van der Waals surface area contributed by atoms with Crippen LogP contribution in [0.3, 0.4) is 0 Å². The van der Waals surface area contributed by atoms with Gasteiger partial charge in [0.2, 0.25) is 0 Å². The zero-order chi connectivity index (χ0) is 23.6. The predicted octanol–water partition coefficient (Wildman–Crippen LogP) is 6.21. The second kappa shape index (κ2) is 25.6. The molecule has 0 aromatic heterocycles. The number of aliphatic carboxylic acids is 1. The molecule has 0 rings (SSSR count). The number of nitrogens with zero attached hydrogens (tertiary/aromatic N) is 1. The van der Waals surface area contributed by atoms with E-state index in [0.717, 1.165) is 0 Å². The molecule has 0 heterocycles. The van der Waals surface area contributed by atoms with E-state index in [1.807, 2.05) is 0 Å². The summed E-state index contributed by atoms with van der Waals surface area (Å²) >= 11 is 0. The molecule has 0 saturated carbocycles. The second-order valence-electron chi connectivity index (χ2n) is 9.67. The van der Waals surface area contributed by atoms with Crippen molar-refractivity contribution in [3.63, 3.8) is 0 Å². The fraction of sp³-hybridized carbons (Fsp3) is 0.963. The molecule has 0 bridgehead atoms. The average Bonchev–Trinajstić information content (AvgIpc) is 2.76. The van der Waals surface area contributed by atoms with Crippen LogP contribution in [0, 0.1) is 0 Å². The Kier molecular flexibility index (Phi) is 26.9. The Labute approximate surface area is 195 Å². The first-order chi connectivity index (χ1) is 15.0. The van der Waals surface area contributed by atoms with Gasteiger partial charge in [0.05, 0.1) is 32.7 Å². The molecule has 4 nitrogen and oxygen atoms in total. The van der Waals surface area contributed by atoms with Gasteiger partial charge in [-0.2, -0.15) is 0 Å². The Hall–Kier alpha value is -0.610. The Balaban J connectivity index is 0. The van der Waals surface area contributed by atoms with E-state index in [4.69, 9.17) is 9.90 Å². The topological polar surface area (TPSA) is 66.2 Å². The molecular weight excluding hydrogens is 384 g/mol. The number of hydrogen-bond donors (Lipinski definition) is 1. The third kappa shape index (κ3) is 27.4. The van der Waals surface area contributed by atoms with Crippen molar-refractivity contribution in [3.05, 3.63) is 0 Å². The van der Waals surface area contributed by atoms with Crippen LogP contribution in [0.25, 0.3) is 0 Å². The van der Waals surface area contributed by atoms with Gasteiger partial charge in [0.1, 0.15) is 0 Å². The molecule has 4 heteroatoms. The van der Waals surface area contributed by atoms with Crippen molar-refractivity contribution in [3.8, 4) is 0 Å². The van der Waals surface area contributed by atoms with Crippen LogP contribution in [0.5, 0.6) is 0 Å². The Morgan fingerprint density at radius 3 is 1.03 bits per heavy atom. The smallest absolute Gasteiger partial charge is 0.0784 e. The molecule has 0 spiro atoms. The van der Waals surface area contributed by atoms with E-state index in [0.29, 0.717) is 0 Å². The van der Waals surface area contributed by atoms with Crippen LogP contribution in [0.4, 0.5) is 0 Å². The molecule has 0 saturated heterocycles. The van der Waals surface area contributed by atoms with Crippen molar-refractivity contribution in [2.45, 2.75) is 136 Å². The molecule has 0 aliphatic carbocycles.